The van der Waals surface area contributed by atoms with E-state index in [-0.39, 0.29) is 11.8 Å². The molecule has 0 aromatic carbocycles. The van der Waals surface area contributed by atoms with Crippen LogP contribution in [0.4, 0.5) is 5.82 Å². The van der Waals surface area contributed by atoms with Gasteiger partial charge in [0.15, 0.2) is 5.82 Å². The summed E-state index contributed by atoms with van der Waals surface area (Å²) in [5, 5.41) is 12.3. The van der Waals surface area contributed by atoms with Gasteiger partial charge >= 0.3 is 0 Å². The molecule has 0 aliphatic carbocycles. The zero-order valence-electron chi connectivity index (χ0n) is 13.4. The molecule has 0 spiro atoms. The number of anilines is 1. The highest BCUT2D eigenvalue weighted by molar-refractivity contribution is 5.78. The maximum atomic E-state index is 12.7. The molecule has 1 atom stereocenters. The van der Waals surface area contributed by atoms with Crippen LogP contribution in [0.3, 0.4) is 0 Å². The van der Waals surface area contributed by atoms with Crippen molar-refractivity contribution in [3.63, 3.8) is 0 Å². The van der Waals surface area contributed by atoms with Gasteiger partial charge in [0.2, 0.25) is 5.91 Å². The number of nitrogens with zero attached hydrogens (tertiary/aromatic N) is 6. The van der Waals surface area contributed by atoms with Crippen LogP contribution in [0, 0.1) is 5.92 Å². The highest BCUT2D eigenvalue weighted by atomic mass is 16.2. The van der Waals surface area contributed by atoms with Gasteiger partial charge in [-0.2, -0.15) is 10.2 Å². The molecule has 122 valence electrons. The van der Waals surface area contributed by atoms with E-state index < -0.39 is 0 Å². The number of hydrogen-bond donors (Lipinski definition) is 0. The van der Waals surface area contributed by atoms with Crippen LogP contribution in [0.15, 0.2) is 36.8 Å². The van der Waals surface area contributed by atoms with Gasteiger partial charge in [-0.1, -0.05) is 6.92 Å². The molecule has 1 fully saturated rings. The Bertz CT molecular complexity index is 615. The molecule has 1 amide bonds. The lowest BCUT2D eigenvalue weighted by atomic mass is 10.1. The van der Waals surface area contributed by atoms with Crippen LogP contribution in [-0.4, -0.2) is 57.0 Å². The smallest absolute Gasteiger partial charge is 0.227 e. The Morgan fingerprint density at radius 1 is 1.22 bits per heavy atom. The SMILES string of the molecule is C[C@@H](Cn1cccn1)C(=O)N1CCCN(c2cccnn2)CC1. The van der Waals surface area contributed by atoms with Gasteiger partial charge in [-0.3, -0.25) is 9.48 Å². The van der Waals surface area contributed by atoms with Crippen LogP contribution in [0.2, 0.25) is 0 Å². The molecule has 7 nitrogen and oxygen atoms in total. The number of rotatable bonds is 4. The third-order valence-electron chi connectivity index (χ3n) is 4.13. The summed E-state index contributed by atoms with van der Waals surface area (Å²) < 4.78 is 1.81. The van der Waals surface area contributed by atoms with Gasteiger partial charge in [-0.15, -0.1) is 5.10 Å². The molecule has 7 heteroatoms. The molecule has 23 heavy (non-hydrogen) atoms. The van der Waals surface area contributed by atoms with Gasteiger partial charge in [-0.05, 0) is 24.6 Å². The predicted octanol–water partition coefficient (Wildman–Crippen LogP) is 1.05. The van der Waals surface area contributed by atoms with Crippen molar-refractivity contribution < 1.29 is 4.79 Å². The highest BCUT2D eigenvalue weighted by Crippen LogP contribution is 2.14. The molecule has 3 heterocycles. The van der Waals surface area contributed by atoms with Crippen LogP contribution >= 0.6 is 0 Å². The Balaban J connectivity index is 1.58. The molecule has 3 rings (SSSR count). The molecule has 0 saturated carbocycles. The maximum Gasteiger partial charge on any atom is 0.227 e. The Morgan fingerprint density at radius 3 is 2.87 bits per heavy atom. The van der Waals surface area contributed by atoms with E-state index in [0.717, 1.165) is 38.4 Å². The molecule has 2 aromatic rings. The summed E-state index contributed by atoms with van der Waals surface area (Å²) in [4.78, 5) is 16.8. The Hall–Kier alpha value is -2.44. The lowest BCUT2D eigenvalue weighted by molar-refractivity contribution is -0.135. The first-order chi connectivity index (χ1) is 11.2. The summed E-state index contributed by atoms with van der Waals surface area (Å²) in [6, 6.07) is 5.73. The lowest BCUT2D eigenvalue weighted by Gasteiger charge is -2.25. The van der Waals surface area contributed by atoms with Crippen molar-refractivity contribution in [2.45, 2.75) is 19.9 Å². The number of carbonyl (C=O) groups is 1. The van der Waals surface area contributed by atoms with Gasteiger partial charge in [-0.25, -0.2) is 0 Å². The minimum absolute atomic E-state index is 0.0713. The molecule has 0 radical (unpaired) electrons. The average molecular weight is 314 g/mol. The third kappa shape index (κ3) is 3.85. The van der Waals surface area contributed by atoms with Crippen LogP contribution in [0.5, 0.6) is 0 Å². The second-order valence-electron chi connectivity index (χ2n) is 5.88. The van der Waals surface area contributed by atoms with Crippen molar-refractivity contribution in [3.8, 4) is 0 Å². The van der Waals surface area contributed by atoms with Gasteiger partial charge in [0, 0.05) is 44.8 Å². The summed E-state index contributed by atoms with van der Waals surface area (Å²) in [5.41, 5.74) is 0. The van der Waals surface area contributed by atoms with Crippen LogP contribution in [-0.2, 0) is 11.3 Å². The molecule has 0 bridgehead atoms. The second kappa shape index (κ2) is 7.21. The van der Waals surface area contributed by atoms with Gasteiger partial charge in [0.05, 0.1) is 12.5 Å². The van der Waals surface area contributed by atoms with Crippen molar-refractivity contribution in [3.05, 3.63) is 36.8 Å². The standard InChI is InChI=1S/C16H22N6O/c1-14(13-22-10-3-7-18-22)16(23)21-9-4-8-20(11-12-21)15-5-2-6-17-19-15/h2-3,5-7,10,14H,4,8-9,11-13H2,1H3/t14-/m0/s1. The minimum Gasteiger partial charge on any atom is -0.353 e. The number of hydrogen-bond acceptors (Lipinski definition) is 5. The lowest BCUT2D eigenvalue weighted by Crippen LogP contribution is -2.39. The molecule has 0 unspecified atom stereocenters. The van der Waals surface area contributed by atoms with E-state index in [1.165, 1.54) is 0 Å². The van der Waals surface area contributed by atoms with Crippen molar-refractivity contribution >= 4 is 11.7 Å². The summed E-state index contributed by atoms with van der Waals surface area (Å²) >= 11 is 0. The Kier molecular flexibility index (Phi) is 4.85. The Labute approximate surface area is 135 Å². The third-order valence-corrected chi connectivity index (χ3v) is 4.13. The average Bonchev–Trinajstić information content (AvgIpc) is 2.96. The fourth-order valence-electron chi connectivity index (χ4n) is 2.91. The van der Waals surface area contributed by atoms with E-state index in [4.69, 9.17) is 0 Å². The first kappa shape index (κ1) is 15.5. The van der Waals surface area contributed by atoms with E-state index in [0.29, 0.717) is 6.54 Å². The Morgan fingerprint density at radius 2 is 2.13 bits per heavy atom. The van der Waals surface area contributed by atoms with E-state index in [1.54, 1.807) is 12.4 Å². The highest BCUT2D eigenvalue weighted by Gasteiger charge is 2.24. The van der Waals surface area contributed by atoms with E-state index in [2.05, 4.69) is 20.2 Å². The molecule has 1 aliphatic rings. The molecule has 0 N–H and O–H groups in total. The zero-order chi connectivity index (χ0) is 16.1. The summed E-state index contributed by atoms with van der Waals surface area (Å²) in [6.07, 6.45) is 6.24. The first-order valence-corrected chi connectivity index (χ1v) is 8.03. The van der Waals surface area contributed by atoms with Crippen LogP contribution in [0.25, 0.3) is 0 Å². The largest absolute Gasteiger partial charge is 0.353 e. The number of aromatic nitrogens is 4. The summed E-state index contributed by atoms with van der Waals surface area (Å²) in [5.74, 6) is 1.01. The van der Waals surface area contributed by atoms with Gasteiger partial charge < -0.3 is 9.80 Å². The molecular weight excluding hydrogens is 292 g/mol. The van der Waals surface area contributed by atoms with Crippen LogP contribution in [0.1, 0.15) is 13.3 Å². The number of amides is 1. The van der Waals surface area contributed by atoms with Gasteiger partial charge in [0.1, 0.15) is 0 Å². The monoisotopic (exact) mass is 314 g/mol. The predicted molar refractivity (Wildman–Crippen MR) is 86.8 cm³/mol. The molecular formula is C16H22N6O. The second-order valence-corrected chi connectivity index (χ2v) is 5.88. The fourth-order valence-corrected chi connectivity index (χ4v) is 2.91. The fraction of sp³-hybridized carbons (Fsp3) is 0.500. The number of carbonyl (C=O) groups excluding carboxylic acids is 1. The van der Waals surface area contributed by atoms with Crippen molar-refractivity contribution in [1.82, 2.24) is 24.9 Å². The van der Waals surface area contributed by atoms with Gasteiger partial charge in [0.25, 0.3) is 0 Å². The van der Waals surface area contributed by atoms with E-state index in [1.807, 2.05) is 40.9 Å². The topological polar surface area (TPSA) is 67.2 Å². The van der Waals surface area contributed by atoms with E-state index >= 15 is 0 Å². The maximum absolute atomic E-state index is 12.7. The summed E-state index contributed by atoms with van der Waals surface area (Å²) in [7, 11) is 0. The zero-order valence-corrected chi connectivity index (χ0v) is 13.4. The van der Waals surface area contributed by atoms with Crippen molar-refractivity contribution in [1.29, 1.82) is 0 Å². The quantitative estimate of drug-likeness (QED) is 0.844. The molecule has 1 aliphatic heterocycles. The molecule has 1 saturated heterocycles. The van der Waals surface area contributed by atoms with Crippen molar-refractivity contribution in [2.24, 2.45) is 5.92 Å². The minimum atomic E-state index is -0.0713. The molecule has 2 aromatic heterocycles. The van der Waals surface area contributed by atoms with E-state index in [9.17, 15) is 4.79 Å². The first-order valence-electron chi connectivity index (χ1n) is 8.03. The summed E-state index contributed by atoms with van der Waals surface area (Å²) in [6.45, 7) is 5.79. The van der Waals surface area contributed by atoms with Crippen LogP contribution < -0.4 is 4.90 Å². The normalized spacial score (nSPS) is 16.9. The van der Waals surface area contributed by atoms with Crippen molar-refractivity contribution in [2.75, 3.05) is 31.1 Å².